The number of halogens is 3. The van der Waals surface area contributed by atoms with Crippen molar-refractivity contribution in [1.29, 1.82) is 0 Å². The smallest absolute Gasteiger partial charge is 0.259 e. The van der Waals surface area contributed by atoms with Gasteiger partial charge in [-0.2, -0.15) is 0 Å². The summed E-state index contributed by atoms with van der Waals surface area (Å²) < 4.78 is 12.8. The van der Waals surface area contributed by atoms with Crippen LogP contribution in [0.5, 0.6) is 5.75 Å². The van der Waals surface area contributed by atoms with Gasteiger partial charge in [0.2, 0.25) is 0 Å². The predicted octanol–water partition coefficient (Wildman–Crippen LogP) is 2.88. The van der Waals surface area contributed by atoms with Crippen LogP contribution in [0, 0.1) is 5.82 Å². The number of aromatic nitrogens is 2. The molecule has 2 N–H and O–H groups in total. The van der Waals surface area contributed by atoms with Crippen molar-refractivity contribution >= 4 is 34.8 Å². The Morgan fingerprint density at radius 1 is 1.26 bits per heavy atom. The number of carbonyl (C=O) groups is 1. The van der Waals surface area contributed by atoms with E-state index in [-0.39, 0.29) is 21.6 Å². The maximum atomic E-state index is 12.8. The first-order valence-corrected chi connectivity index (χ1v) is 5.70. The molecule has 0 unspecified atom stereocenters. The third kappa shape index (κ3) is 2.91. The molecule has 1 aromatic carbocycles. The standard InChI is InChI=1S/C11H6Cl2FN3O2/c12-9-8(10(13)16-4-15-9)17-11(19)6-2-1-5(14)3-7(6)18/h1-4,18H,(H,17,19). The molecule has 0 saturated carbocycles. The summed E-state index contributed by atoms with van der Waals surface area (Å²) in [5.41, 5.74) is -0.114. The first-order valence-electron chi connectivity index (χ1n) is 4.95. The molecule has 0 fully saturated rings. The average molecular weight is 302 g/mol. The number of aromatic hydroxyl groups is 1. The highest BCUT2D eigenvalue weighted by atomic mass is 35.5. The highest BCUT2D eigenvalue weighted by molar-refractivity contribution is 6.38. The van der Waals surface area contributed by atoms with Crippen molar-refractivity contribution in [3.05, 3.63) is 46.2 Å². The van der Waals surface area contributed by atoms with Gasteiger partial charge in [0.15, 0.2) is 10.3 Å². The summed E-state index contributed by atoms with van der Waals surface area (Å²) >= 11 is 11.5. The number of benzene rings is 1. The summed E-state index contributed by atoms with van der Waals surface area (Å²) in [5.74, 6) is -1.87. The zero-order chi connectivity index (χ0) is 14.0. The lowest BCUT2D eigenvalue weighted by atomic mass is 10.2. The molecule has 0 radical (unpaired) electrons. The molecular formula is C11H6Cl2FN3O2. The number of phenolic OH excluding ortho intramolecular Hbond substituents is 1. The normalized spacial score (nSPS) is 10.3. The third-order valence-corrected chi connectivity index (χ3v) is 2.77. The summed E-state index contributed by atoms with van der Waals surface area (Å²) in [7, 11) is 0. The van der Waals surface area contributed by atoms with Crippen LogP contribution < -0.4 is 5.32 Å². The van der Waals surface area contributed by atoms with Crippen molar-refractivity contribution < 1.29 is 14.3 Å². The summed E-state index contributed by atoms with van der Waals surface area (Å²) in [6.07, 6.45) is 1.13. The first kappa shape index (κ1) is 13.5. The fourth-order valence-electron chi connectivity index (χ4n) is 1.33. The van der Waals surface area contributed by atoms with Crippen LogP contribution in [0.3, 0.4) is 0 Å². The van der Waals surface area contributed by atoms with E-state index >= 15 is 0 Å². The molecule has 5 nitrogen and oxygen atoms in total. The molecule has 0 aliphatic rings. The molecule has 19 heavy (non-hydrogen) atoms. The molecule has 1 heterocycles. The summed E-state index contributed by atoms with van der Waals surface area (Å²) in [5, 5.41) is 11.7. The second-order valence-corrected chi connectivity index (χ2v) is 4.16. The number of rotatable bonds is 2. The quantitative estimate of drug-likeness (QED) is 0.836. The van der Waals surface area contributed by atoms with Gasteiger partial charge in [0.05, 0.1) is 5.56 Å². The van der Waals surface area contributed by atoms with Crippen molar-refractivity contribution in [3.8, 4) is 5.75 Å². The van der Waals surface area contributed by atoms with Crippen LogP contribution in [0.15, 0.2) is 24.5 Å². The van der Waals surface area contributed by atoms with Gasteiger partial charge in [-0.3, -0.25) is 4.79 Å². The molecule has 0 aliphatic carbocycles. The Kier molecular flexibility index (Phi) is 3.82. The van der Waals surface area contributed by atoms with Crippen LogP contribution in [0.4, 0.5) is 10.1 Å². The highest BCUT2D eigenvalue weighted by Gasteiger charge is 2.16. The Morgan fingerprint density at radius 2 is 1.89 bits per heavy atom. The average Bonchev–Trinajstić information content (AvgIpc) is 2.33. The Labute approximate surface area is 117 Å². The lowest BCUT2D eigenvalue weighted by Gasteiger charge is -2.08. The van der Waals surface area contributed by atoms with Crippen molar-refractivity contribution in [2.24, 2.45) is 0 Å². The topological polar surface area (TPSA) is 75.1 Å². The van der Waals surface area contributed by atoms with Crippen LogP contribution in [0.25, 0.3) is 0 Å². The summed E-state index contributed by atoms with van der Waals surface area (Å²) in [6, 6.07) is 2.99. The van der Waals surface area contributed by atoms with Gasteiger partial charge in [-0.15, -0.1) is 0 Å². The van der Waals surface area contributed by atoms with E-state index in [1.54, 1.807) is 0 Å². The first-order chi connectivity index (χ1) is 8.99. The molecule has 0 spiro atoms. The lowest BCUT2D eigenvalue weighted by molar-refractivity contribution is 0.102. The second kappa shape index (κ2) is 5.38. The predicted molar refractivity (Wildman–Crippen MR) is 68.1 cm³/mol. The van der Waals surface area contributed by atoms with Crippen LogP contribution in [0.2, 0.25) is 10.3 Å². The second-order valence-electron chi connectivity index (χ2n) is 3.45. The summed E-state index contributed by atoms with van der Waals surface area (Å²) in [4.78, 5) is 19.2. The van der Waals surface area contributed by atoms with E-state index < -0.39 is 17.5 Å². The molecule has 98 valence electrons. The number of hydrogen-bond donors (Lipinski definition) is 2. The van der Waals surface area contributed by atoms with E-state index in [1.807, 2.05) is 0 Å². The number of nitrogens with zero attached hydrogens (tertiary/aromatic N) is 2. The molecule has 0 bridgehead atoms. The molecular weight excluding hydrogens is 296 g/mol. The number of carbonyl (C=O) groups excluding carboxylic acids is 1. The number of hydrogen-bond acceptors (Lipinski definition) is 4. The Hall–Kier alpha value is -1.92. The Morgan fingerprint density at radius 3 is 2.47 bits per heavy atom. The monoisotopic (exact) mass is 301 g/mol. The minimum Gasteiger partial charge on any atom is -0.507 e. The third-order valence-electron chi connectivity index (χ3n) is 2.20. The van der Waals surface area contributed by atoms with Gasteiger partial charge in [0.1, 0.15) is 23.6 Å². The molecule has 1 aromatic heterocycles. The van der Waals surface area contributed by atoms with Crippen LogP contribution >= 0.6 is 23.2 Å². The number of phenols is 1. The van der Waals surface area contributed by atoms with Gasteiger partial charge in [-0.1, -0.05) is 23.2 Å². The summed E-state index contributed by atoms with van der Waals surface area (Å²) in [6.45, 7) is 0. The number of anilines is 1. The fraction of sp³-hybridized carbons (Fsp3) is 0. The lowest BCUT2D eigenvalue weighted by Crippen LogP contribution is -2.13. The van der Waals surface area contributed by atoms with Crippen molar-refractivity contribution in [2.45, 2.75) is 0 Å². The maximum Gasteiger partial charge on any atom is 0.259 e. The Balaban J connectivity index is 2.31. The molecule has 0 aliphatic heterocycles. The minimum atomic E-state index is -0.712. The maximum absolute atomic E-state index is 12.8. The highest BCUT2D eigenvalue weighted by Crippen LogP contribution is 2.27. The van der Waals surface area contributed by atoms with Crippen LogP contribution in [0.1, 0.15) is 10.4 Å². The molecule has 8 heteroatoms. The Bertz CT molecular complexity index is 632. The largest absolute Gasteiger partial charge is 0.507 e. The van der Waals surface area contributed by atoms with E-state index in [2.05, 4.69) is 15.3 Å². The van der Waals surface area contributed by atoms with Crippen molar-refractivity contribution in [3.63, 3.8) is 0 Å². The van der Waals surface area contributed by atoms with E-state index in [0.29, 0.717) is 0 Å². The number of amides is 1. The van der Waals surface area contributed by atoms with Gasteiger partial charge < -0.3 is 10.4 Å². The zero-order valence-corrected chi connectivity index (χ0v) is 10.7. The molecule has 0 atom stereocenters. The van der Waals surface area contributed by atoms with E-state index in [9.17, 15) is 14.3 Å². The molecule has 0 saturated heterocycles. The molecule has 2 rings (SSSR count). The number of nitrogens with one attached hydrogen (secondary N) is 1. The zero-order valence-electron chi connectivity index (χ0n) is 9.19. The molecule has 2 aromatic rings. The van der Waals surface area contributed by atoms with Gasteiger partial charge in [-0.25, -0.2) is 14.4 Å². The fourth-order valence-corrected chi connectivity index (χ4v) is 1.73. The minimum absolute atomic E-state index is 0.0135. The van der Waals surface area contributed by atoms with Gasteiger partial charge in [0.25, 0.3) is 5.91 Å². The van der Waals surface area contributed by atoms with E-state index in [0.717, 1.165) is 24.5 Å². The van der Waals surface area contributed by atoms with Crippen LogP contribution in [-0.2, 0) is 0 Å². The van der Waals surface area contributed by atoms with Crippen molar-refractivity contribution in [2.75, 3.05) is 5.32 Å². The molecule has 1 amide bonds. The van der Waals surface area contributed by atoms with Crippen LogP contribution in [-0.4, -0.2) is 21.0 Å². The van der Waals surface area contributed by atoms with Gasteiger partial charge in [0, 0.05) is 6.07 Å². The van der Waals surface area contributed by atoms with E-state index in [4.69, 9.17) is 23.2 Å². The van der Waals surface area contributed by atoms with Gasteiger partial charge >= 0.3 is 0 Å². The van der Waals surface area contributed by atoms with Crippen molar-refractivity contribution in [1.82, 2.24) is 9.97 Å². The van der Waals surface area contributed by atoms with Gasteiger partial charge in [-0.05, 0) is 12.1 Å². The van der Waals surface area contributed by atoms with E-state index in [1.165, 1.54) is 0 Å². The SMILES string of the molecule is O=C(Nc1c(Cl)ncnc1Cl)c1ccc(F)cc1O.